The van der Waals surface area contributed by atoms with Crippen molar-refractivity contribution in [1.82, 2.24) is 15.0 Å². The molecule has 8 heteroatoms. The molecule has 164 valence electrons. The van der Waals surface area contributed by atoms with Crippen molar-refractivity contribution >= 4 is 34.1 Å². The normalized spacial score (nSPS) is 11.6. The van der Waals surface area contributed by atoms with Crippen molar-refractivity contribution in [3.8, 4) is 17.1 Å². The topological polar surface area (TPSA) is 77.0 Å². The van der Waals surface area contributed by atoms with Gasteiger partial charge in [0.25, 0.3) is 5.91 Å². The quantitative estimate of drug-likeness (QED) is 0.325. The molecule has 0 fully saturated rings. The Labute approximate surface area is 196 Å². The number of aromatic nitrogens is 3. The molecule has 0 saturated carbocycles. The van der Waals surface area contributed by atoms with Crippen LogP contribution >= 0.6 is 23.1 Å². The van der Waals surface area contributed by atoms with Crippen LogP contribution in [0.4, 0.5) is 5.13 Å². The molecular formula is C24H24N4O2S2. The van der Waals surface area contributed by atoms with Crippen molar-refractivity contribution in [1.29, 1.82) is 0 Å². The number of carbonyl (C=O) groups is 1. The van der Waals surface area contributed by atoms with E-state index in [2.05, 4.69) is 52.8 Å². The van der Waals surface area contributed by atoms with Gasteiger partial charge in [0.15, 0.2) is 5.13 Å². The van der Waals surface area contributed by atoms with Crippen molar-refractivity contribution < 1.29 is 9.53 Å². The van der Waals surface area contributed by atoms with Crippen molar-refractivity contribution in [3.63, 3.8) is 0 Å². The van der Waals surface area contributed by atoms with Crippen LogP contribution in [-0.2, 0) is 4.79 Å². The number of hydrogen-bond donors (Lipinski definition) is 1. The van der Waals surface area contributed by atoms with Crippen LogP contribution in [0.1, 0.15) is 18.1 Å². The maximum atomic E-state index is 12.5. The molecule has 0 saturated heterocycles. The molecule has 0 aliphatic carbocycles. The highest BCUT2D eigenvalue weighted by Crippen LogP contribution is 2.35. The van der Waals surface area contributed by atoms with Gasteiger partial charge in [-0.1, -0.05) is 42.6 Å². The van der Waals surface area contributed by atoms with E-state index >= 15 is 0 Å². The molecule has 0 unspecified atom stereocenters. The van der Waals surface area contributed by atoms with Gasteiger partial charge in [-0.2, -0.15) is 0 Å². The summed E-state index contributed by atoms with van der Waals surface area (Å²) in [6.45, 7) is 9.63. The minimum absolute atomic E-state index is 0.218. The molecule has 3 rings (SSSR count). The van der Waals surface area contributed by atoms with Crippen LogP contribution in [0.5, 0.6) is 5.88 Å². The van der Waals surface area contributed by atoms with Crippen LogP contribution in [0.3, 0.4) is 0 Å². The van der Waals surface area contributed by atoms with Crippen LogP contribution in [0.15, 0.2) is 76.3 Å². The zero-order valence-electron chi connectivity index (χ0n) is 18.4. The number of amides is 1. The van der Waals surface area contributed by atoms with E-state index in [4.69, 9.17) is 4.74 Å². The highest BCUT2D eigenvalue weighted by Gasteiger charge is 2.14. The van der Waals surface area contributed by atoms with Crippen LogP contribution < -0.4 is 10.1 Å². The molecule has 0 aliphatic heterocycles. The first kappa shape index (κ1) is 23.4. The van der Waals surface area contributed by atoms with Crippen molar-refractivity contribution in [2.75, 3.05) is 12.4 Å². The molecule has 2 aromatic heterocycles. The summed E-state index contributed by atoms with van der Waals surface area (Å²) in [5.74, 6) is 0.269. The Hall–Kier alpha value is -3.23. The van der Waals surface area contributed by atoms with Gasteiger partial charge >= 0.3 is 0 Å². The fraction of sp³-hybridized carbons (Fsp3) is 0.167. The van der Waals surface area contributed by atoms with Gasteiger partial charge in [-0.15, -0.1) is 11.3 Å². The fourth-order valence-electron chi connectivity index (χ4n) is 3.10. The highest BCUT2D eigenvalue weighted by atomic mass is 32.2. The second-order valence-corrected chi connectivity index (χ2v) is 8.73. The number of anilines is 1. The number of thiazole rings is 1. The first-order valence-electron chi connectivity index (χ1n) is 9.83. The van der Waals surface area contributed by atoms with E-state index in [1.165, 1.54) is 11.3 Å². The largest absolute Gasteiger partial charge is 0.480 e. The van der Waals surface area contributed by atoms with Gasteiger partial charge in [0, 0.05) is 21.4 Å². The van der Waals surface area contributed by atoms with E-state index < -0.39 is 0 Å². The van der Waals surface area contributed by atoms with Gasteiger partial charge in [-0.05, 0) is 44.0 Å². The van der Waals surface area contributed by atoms with E-state index in [9.17, 15) is 4.79 Å². The zero-order valence-corrected chi connectivity index (χ0v) is 20.0. The highest BCUT2D eigenvalue weighted by molar-refractivity contribution is 7.99. The van der Waals surface area contributed by atoms with E-state index in [-0.39, 0.29) is 5.91 Å². The van der Waals surface area contributed by atoms with Gasteiger partial charge < -0.3 is 4.74 Å². The molecule has 0 aliphatic rings. The minimum atomic E-state index is -0.218. The SMILES string of the molecule is C=C/C=C(\C=C/C)C(=O)Nc1nc(-c2c(C)cc(Sc3cnc(OC)cn3)cc2C)cs1. The molecule has 1 N–H and O–H groups in total. The van der Waals surface area contributed by atoms with Gasteiger partial charge in [0.2, 0.25) is 5.88 Å². The minimum Gasteiger partial charge on any atom is -0.480 e. The third-order valence-corrected chi connectivity index (χ3v) is 6.08. The number of nitrogens with zero attached hydrogens (tertiary/aromatic N) is 3. The molecule has 0 bridgehead atoms. The smallest absolute Gasteiger partial charge is 0.257 e. The maximum absolute atomic E-state index is 12.5. The summed E-state index contributed by atoms with van der Waals surface area (Å²) in [6.07, 6.45) is 10.1. The first-order valence-corrected chi connectivity index (χ1v) is 11.5. The predicted molar refractivity (Wildman–Crippen MR) is 131 cm³/mol. The summed E-state index contributed by atoms with van der Waals surface area (Å²) in [6, 6.07) is 4.21. The first-order chi connectivity index (χ1) is 15.4. The fourth-order valence-corrected chi connectivity index (χ4v) is 4.72. The third kappa shape index (κ3) is 5.72. The van der Waals surface area contributed by atoms with Gasteiger partial charge in [0.1, 0.15) is 5.03 Å². The van der Waals surface area contributed by atoms with Crippen LogP contribution in [0, 0.1) is 13.8 Å². The monoisotopic (exact) mass is 464 g/mol. The Morgan fingerprint density at radius 2 is 1.97 bits per heavy atom. The zero-order chi connectivity index (χ0) is 23.1. The molecule has 0 atom stereocenters. The molecule has 3 aromatic rings. The Morgan fingerprint density at radius 1 is 1.22 bits per heavy atom. The van der Waals surface area contributed by atoms with Gasteiger partial charge in [0.05, 0.1) is 25.2 Å². The van der Waals surface area contributed by atoms with E-state index in [1.54, 1.807) is 49.5 Å². The predicted octanol–water partition coefficient (Wildman–Crippen LogP) is 6.00. The standard InChI is InChI=1S/C24H24N4O2S2/c1-6-8-17(9-7-2)23(29)28-24-27-19(14-31-24)22-15(3)10-18(11-16(22)4)32-21-13-25-20(30-5)12-26-21/h6-14H,1H2,2-5H3,(H,27,28,29)/b9-7-,17-8+. The summed E-state index contributed by atoms with van der Waals surface area (Å²) in [5, 5.41) is 6.17. The molecule has 1 amide bonds. The Balaban J connectivity index is 1.80. The number of ether oxygens (including phenoxy) is 1. The van der Waals surface area contributed by atoms with Crippen LogP contribution in [0.25, 0.3) is 11.3 Å². The van der Waals surface area contributed by atoms with Crippen molar-refractivity contribution in [2.24, 2.45) is 0 Å². The van der Waals surface area contributed by atoms with Crippen LogP contribution in [0.2, 0.25) is 0 Å². The summed E-state index contributed by atoms with van der Waals surface area (Å²) >= 11 is 2.94. The summed E-state index contributed by atoms with van der Waals surface area (Å²) in [7, 11) is 1.57. The number of rotatable bonds is 8. The number of carbonyl (C=O) groups excluding carboxylic acids is 1. The number of methoxy groups -OCH3 is 1. The summed E-state index contributed by atoms with van der Waals surface area (Å²) < 4.78 is 5.06. The van der Waals surface area contributed by atoms with E-state index in [1.807, 2.05) is 18.4 Å². The number of allylic oxidation sites excluding steroid dienone is 3. The van der Waals surface area contributed by atoms with Gasteiger partial charge in [-0.3, -0.25) is 10.1 Å². The lowest BCUT2D eigenvalue weighted by atomic mass is 10.0. The van der Waals surface area contributed by atoms with Crippen LogP contribution in [-0.4, -0.2) is 28.0 Å². The Bertz CT molecular complexity index is 1160. The lowest BCUT2D eigenvalue weighted by Gasteiger charge is -2.11. The molecule has 6 nitrogen and oxygen atoms in total. The number of aryl methyl sites for hydroxylation is 2. The maximum Gasteiger partial charge on any atom is 0.257 e. The third-order valence-electron chi connectivity index (χ3n) is 4.43. The lowest BCUT2D eigenvalue weighted by molar-refractivity contribution is -0.112. The molecule has 0 spiro atoms. The summed E-state index contributed by atoms with van der Waals surface area (Å²) in [4.78, 5) is 26.8. The lowest BCUT2D eigenvalue weighted by Crippen LogP contribution is -2.13. The van der Waals surface area contributed by atoms with Crippen molar-refractivity contribution in [3.05, 3.63) is 77.5 Å². The Kier molecular flexibility index (Phi) is 7.97. The van der Waals surface area contributed by atoms with E-state index in [0.717, 1.165) is 32.3 Å². The van der Waals surface area contributed by atoms with Gasteiger partial charge in [-0.25, -0.2) is 15.0 Å². The number of hydrogen-bond acceptors (Lipinski definition) is 7. The second kappa shape index (κ2) is 10.9. The molecule has 2 heterocycles. The second-order valence-electron chi connectivity index (χ2n) is 6.78. The number of benzene rings is 1. The number of nitrogens with one attached hydrogen (secondary N) is 1. The van der Waals surface area contributed by atoms with E-state index in [0.29, 0.717) is 16.6 Å². The molecule has 32 heavy (non-hydrogen) atoms. The Morgan fingerprint density at radius 3 is 2.56 bits per heavy atom. The van der Waals surface area contributed by atoms with Crippen molar-refractivity contribution in [2.45, 2.75) is 30.7 Å². The molecule has 1 aromatic carbocycles. The average Bonchev–Trinajstić information content (AvgIpc) is 3.21. The molecular weight excluding hydrogens is 440 g/mol. The average molecular weight is 465 g/mol. The molecule has 0 radical (unpaired) electrons. The summed E-state index contributed by atoms with van der Waals surface area (Å²) in [5.41, 5.74) is 4.61.